The molecule has 0 N–H and O–H groups in total. The van der Waals surface area contributed by atoms with E-state index in [-0.39, 0.29) is 0 Å². The van der Waals surface area contributed by atoms with Gasteiger partial charge in [-0.25, -0.2) is 0 Å². The van der Waals surface area contributed by atoms with Gasteiger partial charge < -0.3 is 13.7 Å². The van der Waals surface area contributed by atoms with Crippen LogP contribution in [0, 0.1) is 0 Å². The van der Waals surface area contributed by atoms with Crippen molar-refractivity contribution in [1.82, 2.24) is 4.57 Å². The standard InChI is InChI=1S/C19H17NO2/c1-3-20-17(11-14-4-6-16(21-2)12-18(14)20)13-5-7-19-15(10-13)8-9-22-19/h4-12H,3H2,1-2H3. The van der Waals surface area contributed by atoms with Gasteiger partial charge in [-0.05, 0) is 55.0 Å². The molecule has 0 saturated carbocycles. The van der Waals surface area contributed by atoms with Crippen LogP contribution in [-0.4, -0.2) is 11.7 Å². The van der Waals surface area contributed by atoms with Crippen LogP contribution in [0.3, 0.4) is 0 Å². The average Bonchev–Trinajstić information content (AvgIpc) is 3.16. The van der Waals surface area contributed by atoms with Crippen LogP contribution in [-0.2, 0) is 6.54 Å². The van der Waals surface area contributed by atoms with Crippen molar-refractivity contribution in [3.63, 3.8) is 0 Å². The molecular formula is C19H17NO2. The van der Waals surface area contributed by atoms with E-state index in [9.17, 15) is 0 Å². The summed E-state index contributed by atoms with van der Waals surface area (Å²) in [5, 5.41) is 2.35. The summed E-state index contributed by atoms with van der Waals surface area (Å²) in [6, 6.07) is 16.8. The van der Waals surface area contributed by atoms with E-state index in [0.29, 0.717) is 0 Å². The van der Waals surface area contributed by atoms with Crippen molar-refractivity contribution >= 4 is 21.9 Å². The Balaban J connectivity index is 1.96. The Labute approximate surface area is 128 Å². The molecule has 0 spiro atoms. The lowest BCUT2D eigenvalue weighted by molar-refractivity contribution is 0.415. The third kappa shape index (κ3) is 1.90. The summed E-state index contributed by atoms with van der Waals surface area (Å²) in [5.41, 5.74) is 4.54. The summed E-state index contributed by atoms with van der Waals surface area (Å²) in [4.78, 5) is 0. The third-order valence-corrected chi connectivity index (χ3v) is 4.18. The zero-order valence-corrected chi connectivity index (χ0v) is 12.7. The third-order valence-electron chi connectivity index (χ3n) is 4.18. The van der Waals surface area contributed by atoms with E-state index in [4.69, 9.17) is 9.15 Å². The Morgan fingerprint density at radius 3 is 2.73 bits per heavy atom. The molecule has 0 aliphatic heterocycles. The first-order valence-corrected chi connectivity index (χ1v) is 7.45. The molecule has 0 aliphatic carbocycles. The van der Waals surface area contributed by atoms with Crippen LogP contribution in [0.4, 0.5) is 0 Å². The fourth-order valence-electron chi connectivity index (χ4n) is 3.07. The number of aryl methyl sites for hydroxylation is 1. The van der Waals surface area contributed by atoms with Crippen molar-refractivity contribution < 1.29 is 9.15 Å². The highest BCUT2D eigenvalue weighted by atomic mass is 16.5. The maximum atomic E-state index is 5.43. The van der Waals surface area contributed by atoms with Crippen molar-refractivity contribution in [1.29, 1.82) is 0 Å². The van der Waals surface area contributed by atoms with Gasteiger partial charge in [0.2, 0.25) is 0 Å². The molecule has 0 amide bonds. The minimum atomic E-state index is 0.886. The normalized spacial score (nSPS) is 11.4. The molecule has 2 heterocycles. The van der Waals surface area contributed by atoms with Gasteiger partial charge in [-0.15, -0.1) is 0 Å². The summed E-state index contributed by atoms with van der Waals surface area (Å²) < 4.78 is 13.1. The molecule has 3 heteroatoms. The lowest BCUT2D eigenvalue weighted by atomic mass is 10.1. The summed E-state index contributed by atoms with van der Waals surface area (Å²) >= 11 is 0. The first-order valence-electron chi connectivity index (χ1n) is 7.45. The second-order valence-corrected chi connectivity index (χ2v) is 5.37. The molecule has 2 aromatic carbocycles. The topological polar surface area (TPSA) is 27.3 Å². The summed E-state index contributed by atoms with van der Waals surface area (Å²) in [6.07, 6.45) is 1.73. The average molecular weight is 291 g/mol. The van der Waals surface area contributed by atoms with E-state index >= 15 is 0 Å². The summed E-state index contributed by atoms with van der Waals surface area (Å²) in [5.74, 6) is 0.886. The van der Waals surface area contributed by atoms with Gasteiger partial charge in [-0.3, -0.25) is 0 Å². The summed E-state index contributed by atoms with van der Waals surface area (Å²) in [6.45, 7) is 3.08. The Hall–Kier alpha value is -2.68. The smallest absolute Gasteiger partial charge is 0.133 e. The first kappa shape index (κ1) is 13.0. The zero-order chi connectivity index (χ0) is 15.1. The van der Waals surface area contributed by atoms with E-state index in [1.165, 1.54) is 22.2 Å². The highest BCUT2D eigenvalue weighted by Crippen LogP contribution is 2.32. The number of rotatable bonds is 3. The molecule has 0 aliphatic rings. The van der Waals surface area contributed by atoms with Crippen molar-refractivity contribution in [2.24, 2.45) is 0 Å². The number of aromatic nitrogens is 1. The van der Waals surface area contributed by atoms with Crippen LogP contribution in [0.25, 0.3) is 33.1 Å². The van der Waals surface area contributed by atoms with Gasteiger partial charge in [0.15, 0.2) is 0 Å². The maximum absolute atomic E-state index is 5.43. The molecule has 0 saturated heterocycles. The number of furan rings is 1. The Morgan fingerprint density at radius 2 is 1.91 bits per heavy atom. The van der Waals surface area contributed by atoms with Gasteiger partial charge in [0, 0.05) is 29.1 Å². The molecule has 0 radical (unpaired) electrons. The number of benzene rings is 2. The minimum Gasteiger partial charge on any atom is -0.497 e. The minimum absolute atomic E-state index is 0.886. The number of hydrogen-bond acceptors (Lipinski definition) is 2. The van der Waals surface area contributed by atoms with Crippen LogP contribution in [0.15, 0.2) is 59.2 Å². The number of hydrogen-bond donors (Lipinski definition) is 0. The predicted molar refractivity (Wildman–Crippen MR) is 89.4 cm³/mol. The molecule has 0 unspecified atom stereocenters. The van der Waals surface area contributed by atoms with Crippen LogP contribution < -0.4 is 4.74 Å². The second-order valence-electron chi connectivity index (χ2n) is 5.37. The first-order chi connectivity index (χ1) is 10.8. The van der Waals surface area contributed by atoms with Gasteiger partial charge in [0.25, 0.3) is 0 Å². The quantitative estimate of drug-likeness (QED) is 0.526. The van der Waals surface area contributed by atoms with Crippen LogP contribution in [0.1, 0.15) is 6.92 Å². The Kier molecular flexibility index (Phi) is 2.93. The zero-order valence-electron chi connectivity index (χ0n) is 12.7. The molecule has 22 heavy (non-hydrogen) atoms. The van der Waals surface area contributed by atoms with Gasteiger partial charge in [-0.1, -0.05) is 0 Å². The van der Waals surface area contributed by atoms with E-state index in [1.807, 2.05) is 18.2 Å². The lowest BCUT2D eigenvalue weighted by Crippen LogP contribution is -1.96. The molecular weight excluding hydrogens is 274 g/mol. The predicted octanol–water partition coefficient (Wildman–Crippen LogP) is 5.08. The maximum Gasteiger partial charge on any atom is 0.133 e. The summed E-state index contributed by atoms with van der Waals surface area (Å²) in [7, 11) is 1.70. The number of methoxy groups -OCH3 is 1. The largest absolute Gasteiger partial charge is 0.497 e. The van der Waals surface area contributed by atoms with Gasteiger partial charge in [0.05, 0.1) is 18.9 Å². The fraction of sp³-hybridized carbons (Fsp3) is 0.158. The fourth-order valence-corrected chi connectivity index (χ4v) is 3.07. The highest BCUT2D eigenvalue weighted by molar-refractivity contribution is 5.90. The molecule has 3 nitrogen and oxygen atoms in total. The van der Waals surface area contributed by atoms with E-state index in [0.717, 1.165) is 23.3 Å². The van der Waals surface area contributed by atoms with Crippen molar-refractivity contribution in [2.45, 2.75) is 13.5 Å². The molecule has 4 rings (SSSR count). The van der Waals surface area contributed by atoms with E-state index < -0.39 is 0 Å². The molecule has 0 fully saturated rings. The van der Waals surface area contributed by atoms with Crippen molar-refractivity contribution in [2.75, 3.05) is 7.11 Å². The number of ether oxygens (including phenoxy) is 1. The van der Waals surface area contributed by atoms with Gasteiger partial charge in [-0.2, -0.15) is 0 Å². The van der Waals surface area contributed by atoms with Gasteiger partial charge in [0.1, 0.15) is 11.3 Å². The van der Waals surface area contributed by atoms with Crippen molar-refractivity contribution in [3.8, 4) is 17.0 Å². The van der Waals surface area contributed by atoms with Crippen molar-refractivity contribution in [3.05, 3.63) is 54.8 Å². The molecule has 2 aromatic heterocycles. The van der Waals surface area contributed by atoms with E-state index in [2.05, 4.69) is 41.8 Å². The van der Waals surface area contributed by atoms with Crippen LogP contribution in [0.2, 0.25) is 0 Å². The molecule has 0 bridgehead atoms. The lowest BCUT2D eigenvalue weighted by Gasteiger charge is -2.09. The molecule has 110 valence electrons. The Bertz CT molecular complexity index is 962. The van der Waals surface area contributed by atoms with Crippen LogP contribution >= 0.6 is 0 Å². The number of fused-ring (bicyclic) bond motifs is 2. The SMILES string of the molecule is CCn1c(-c2ccc3occc3c2)cc2ccc(OC)cc21. The highest BCUT2D eigenvalue weighted by Gasteiger charge is 2.11. The van der Waals surface area contributed by atoms with Gasteiger partial charge >= 0.3 is 0 Å². The number of nitrogens with zero attached hydrogens (tertiary/aromatic N) is 1. The molecule has 4 aromatic rings. The van der Waals surface area contributed by atoms with Crippen LogP contribution in [0.5, 0.6) is 5.75 Å². The Morgan fingerprint density at radius 1 is 1.00 bits per heavy atom. The monoisotopic (exact) mass is 291 g/mol. The molecule has 0 atom stereocenters. The van der Waals surface area contributed by atoms with E-state index in [1.54, 1.807) is 13.4 Å². The second kappa shape index (κ2) is 4.95.